The third-order valence-electron chi connectivity index (χ3n) is 4.96. The Morgan fingerprint density at radius 2 is 1.84 bits per heavy atom. The molecule has 0 radical (unpaired) electrons. The van der Waals surface area contributed by atoms with E-state index in [-0.39, 0.29) is 24.3 Å². The summed E-state index contributed by atoms with van der Waals surface area (Å²) in [7, 11) is 2.08. The van der Waals surface area contributed by atoms with Gasteiger partial charge in [-0.2, -0.15) is 0 Å². The average Bonchev–Trinajstić information content (AvgIpc) is 2.91. The van der Waals surface area contributed by atoms with E-state index in [4.69, 9.17) is 4.74 Å². The van der Waals surface area contributed by atoms with Crippen LogP contribution in [0.25, 0.3) is 0 Å². The number of hydrogen-bond acceptors (Lipinski definition) is 5. The molecule has 2 aliphatic heterocycles. The molecule has 25 heavy (non-hydrogen) atoms. The number of carbonyl (C=O) groups is 2. The second kappa shape index (κ2) is 7.97. The number of carbonyl (C=O) groups excluding carboxylic acids is 2. The van der Waals surface area contributed by atoms with Gasteiger partial charge >= 0.3 is 0 Å². The maximum Gasteiger partial charge on any atom is 0.251 e. The van der Waals surface area contributed by atoms with Gasteiger partial charge in [-0.25, -0.2) is 4.90 Å². The molecule has 1 aromatic carbocycles. The van der Waals surface area contributed by atoms with Crippen molar-refractivity contribution in [3.05, 3.63) is 24.3 Å². The van der Waals surface area contributed by atoms with Crippen LogP contribution in [-0.2, 0) is 9.59 Å². The lowest BCUT2D eigenvalue weighted by atomic mass is 10.2. The first-order valence-corrected chi connectivity index (χ1v) is 9.13. The van der Waals surface area contributed by atoms with Gasteiger partial charge in [0.15, 0.2) is 0 Å². The van der Waals surface area contributed by atoms with E-state index in [0.29, 0.717) is 18.0 Å². The number of benzene rings is 1. The van der Waals surface area contributed by atoms with Crippen LogP contribution < -0.4 is 9.64 Å². The van der Waals surface area contributed by atoms with E-state index >= 15 is 0 Å². The highest BCUT2D eigenvalue weighted by atomic mass is 16.5. The minimum Gasteiger partial charge on any atom is -0.491 e. The van der Waals surface area contributed by atoms with Crippen molar-refractivity contribution >= 4 is 17.5 Å². The number of nitrogens with zero attached hydrogens (tertiary/aromatic N) is 3. The van der Waals surface area contributed by atoms with Crippen molar-refractivity contribution in [2.45, 2.75) is 32.2 Å². The van der Waals surface area contributed by atoms with Crippen LogP contribution >= 0.6 is 0 Å². The number of piperazine rings is 1. The first-order chi connectivity index (χ1) is 12.1. The van der Waals surface area contributed by atoms with Gasteiger partial charge in [0.25, 0.3) is 5.91 Å². The Labute approximate surface area is 149 Å². The molecule has 0 aromatic heterocycles. The Morgan fingerprint density at radius 1 is 1.12 bits per heavy atom. The molecule has 136 valence electrons. The largest absolute Gasteiger partial charge is 0.491 e. The predicted molar refractivity (Wildman–Crippen MR) is 96.8 cm³/mol. The number of hydrogen-bond donors (Lipinski definition) is 0. The summed E-state index contributed by atoms with van der Waals surface area (Å²) < 4.78 is 5.82. The third-order valence-corrected chi connectivity index (χ3v) is 4.96. The van der Waals surface area contributed by atoms with Crippen LogP contribution in [0.3, 0.4) is 0 Å². The fourth-order valence-electron chi connectivity index (χ4n) is 3.38. The van der Waals surface area contributed by atoms with Crippen LogP contribution in [0.15, 0.2) is 24.3 Å². The van der Waals surface area contributed by atoms with E-state index in [0.717, 1.165) is 39.0 Å². The summed E-state index contributed by atoms with van der Waals surface area (Å²) in [5.74, 6) is 0.346. The molecule has 2 fully saturated rings. The van der Waals surface area contributed by atoms with Crippen molar-refractivity contribution in [3.63, 3.8) is 0 Å². The van der Waals surface area contributed by atoms with Gasteiger partial charge in [0.1, 0.15) is 5.75 Å². The van der Waals surface area contributed by atoms with Gasteiger partial charge in [0, 0.05) is 26.2 Å². The summed E-state index contributed by atoms with van der Waals surface area (Å²) in [6.45, 7) is 6.18. The van der Waals surface area contributed by atoms with Crippen molar-refractivity contribution in [2.24, 2.45) is 0 Å². The van der Waals surface area contributed by atoms with E-state index in [9.17, 15) is 9.59 Å². The van der Waals surface area contributed by atoms with Gasteiger partial charge in [-0.1, -0.05) is 25.5 Å². The summed E-state index contributed by atoms with van der Waals surface area (Å²) >= 11 is 0. The number of ether oxygens (including phenoxy) is 1. The molecule has 0 bridgehead atoms. The van der Waals surface area contributed by atoms with E-state index in [1.54, 1.807) is 6.07 Å². The molecule has 0 N–H and O–H groups in total. The number of imide groups is 1. The van der Waals surface area contributed by atoms with E-state index < -0.39 is 0 Å². The Morgan fingerprint density at radius 3 is 2.56 bits per heavy atom. The highest BCUT2D eigenvalue weighted by Crippen LogP contribution is 2.33. The van der Waals surface area contributed by atoms with Gasteiger partial charge in [0.2, 0.25) is 5.91 Å². The SMILES string of the molecule is CCCCOc1ccccc1N1C(=O)CC(N2CCN(C)CC2)C1=O. The molecule has 0 spiro atoms. The van der Waals surface area contributed by atoms with Crippen LogP contribution in [0.4, 0.5) is 5.69 Å². The van der Waals surface area contributed by atoms with Crippen molar-refractivity contribution in [2.75, 3.05) is 44.7 Å². The highest BCUT2D eigenvalue weighted by molar-refractivity contribution is 6.23. The molecule has 2 aliphatic rings. The Hall–Kier alpha value is -1.92. The standard InChI is InChI=1S/C19H27N3O3/c1-3-4-13-25-17-8-6-5-7-15(17)22-18(23)14-16(19(22)24)21-11-9-20(2)10-12-21/h5-8,16H,3-4,9-14H2,1-2H3. The van der Waals surface area contributed by atoms with Crippen LogP contribution in [0.2, 0.25) is 0 Å². The molecule has 3 rings (SSSR count). The molecule has 1 unspecified atom stereocenters. The van der Waals surface area contributed by atoms with Crippen LogP contribution in [0, 0.1) is 0 Å². The molecule has 2 saturated heterocycles. The van der Waals surface area contributed by atoms with Crippen LogP contribution in [0.5, 0.6) is 5.75 Å². The maximum absolute atomic E-state index is 13.0. The molecular weight excluding hydrogens is 318 g/mol. The van der Waals surface area contributed by atoms with Crippen molar-refractivity contribution in [1.29, 1.82) is 0 Å². The summed E-state index contributed by atoms with van der Waals surface area (Å²) in [6.07, 6.45) is 2.24. The number of unbranched alkanes of at least 4 members (excludes halogenated alkanes) is 1. The topological polar surface area (TPSA) is 53.1 Å². The third kappa shape index (κ3) is 3.85. The Bertz CT molecular complexity index is 626. The molecule has 2 heterocycles. The number of rotatable bonds is 6. The van der Waals surface area contributed by atoms with E-state index in [1.807, 2.05) is 18.2 Å². The summed E-state index contributed by atoms with van der Waals surface area (Å²) in [4.78, 5) is 31.3. The second-order valence-electron chi connectivity index (χ2n) is 6.80. The monoisotopic (exact) mass is 345 g/mol. The van der Waals surface area contributed by atoms with Gasteiger partial charge in [0.05, 0.1) is 24.8 Å². The number of amides is 2. The lowest BCUT2D eigenvalue weighted by molar-refractivity contribution is -0.123. The molecular formula is C19H27N3O3. The molecule has 0 aliphatic carbocycles. The summed E-state index contributed by atoms with van der Waals surface area (Å²) in [6, 6.07) is 6.99. The zero-order valence-electron chi connectivity index (χ0n) is 15.1. The first kappa shape index (κ1) is 17.9. The quantitative estimate of drug-likeness (QED) is 0.581. The molecule has 2 amide bonds. The van der Waals surface area contributed by atoms with Crippen LogP contribution in [0.1, 0.15) is 26.2 Å². The van der Waals surface area contributed by atoms with E-state index in [2.05, 4.69) is 23.8 Å². The molecule has 0 saturated carbocycles. The molecule has 1 aromatic rings. The summed E-state index contributed by atoms with van der Waals surface area (Å²) in [5.41, 5.74) is 0.574. The lowest BCUT2D eigenvalue weighted by Gasteiger charge is -2.35. The second-order valence-corrected chi connectivity index (χ2v) is 6.80. The lowest BCUT2D eigenvalue weighted by Crippen LogP contribution is -2.51. The van der Waals surface area contributed by atoms with Gasteiger partial charge in [-0.3, -0.25) is 14.5 Å². The minimum absolute atomic E-state index is 0.124. The van der Waals surface area contributed by atoms with Gasteiger partial charge in [-0.05, 0) is 25.6 Å². The Balaban J connectivity index is 1.76. The zero-order chi connectivity index (χ0) is 17.8. The van der Waals surface area contributed by atoms with Crippen molar-refractivity contribution < 1.29 is 14.3 Å². The fourth-order valence-corrected chi connectivity index (χ4v) is 3.38. The maximum atomic E-state index is 13.0. The van der Waals surface area contributed by atoms with Gasteiger partial charge < -0.3 is 9.64 Å². The highest BCUT2D eigenvalue weighted by Gasteiger charge is 2.44. The minimum atomic E-state index is -0.343. The Kier molecular flexibility index (Phi) is 5.71. The van der Waals surface area contributed by atoms with Crippen LogP contribution in [-0.4, -0.2) is 67.5 Å². The zero-order valence-corrected chi connectivity index (χ0v) is 15.1. The molecule has 1 atom stereocenters. The molecule has 6 heteroatoms. The van der Waals surface area contributed by atoms with Crippen molar-refractivity contribution in [1.82, 2.24) is 9.80 Å². The van der Waals surface area contributed by atoms with E-state index in [1.165, 1.54) is 4.90 Å². The van der Waals surface area contributed by atoms with Crippen molar-refractivity contribution in [3.8, 4) is 5.75 Å². The number of anilines is 1. The average molecular weight is 345 g/mol. The normalized spacial score (nSPS) is 22.6. The fraction of sp³-hybridized carbons (Fsp3) is 0.579. The number of para-hydroxylation sites is 2. The smallest absolute Gasteiger partial charge is 0.251 e. The summed E-state index contributed by atoms with van der Waals surface area (Å²) in [5, 5.41) is 0. The first-order valence-electron chi connectivity index (χ1n) is 9.13. The molecule has 6 nitrogen and oxygen atoms in total. The van der Waals surface area contributed by atoms with Gasteiger partial charge in [-0.15, -0.1) is 0 Å². The predicted octanol–water partition coefficient (Wildman–Crippen LogP) is 1.74. The number of likely N-dealkylation sites (N-methyl/N-ethyl adjacent to an activating group) is 1.